The van der Waals surface area contributed by atoms with Crippen molar-refractivity contribution in [3.63, 3.8) is 0 Å². The SMILES string of the molecule is CCc1cc(F)c2c(c1)C(C)=C(C#N)C(O)N2. The molecule has 0 saturated heterocycles. The second-order valence-electron chi connectivity index (χ2n) is 4.05. The molecule has 1 atom stereocenters. The van der Waals surface area contributed by atoms with Gasteiger partial charge in [0.2, 0.25) is 0 Å². The molecule has 17 heavy (non-hydrogen) atoms. The molecule has 1 heterocycles. The zero-order valence-electron chi connectivity index (χ0n) is 9.71. The molecule has 0 aromatic heterocycles. The summed E-state index contributed by atoms with van der Waals surface area (Å²) >= 11 is 0. The molecule has 1 aliphatic rings. The molecule has 4 heteroatoms. The van der Waals surface area contributed by atoms with Crippen LogP contribution in [0.25, 0.3) is 5.57 Å². The van der Waals surface area contributed by atoms with Gasteiger partial charge in [-0.05, 0) is 36.6 Å². The predicted molar refractivity (Wildman–Crippen MR) is 63.6 cm³/mol. The Balaban J connectivity index is 2.68. The van der Waals surface area contributed by atoms with Crippen LogP contribution in [0.1, 0.15) is 25.0 Å². The quantitative estimate of drug-likeness (QED) is 0.781. The van der Waals surface area contributed by atoms with Crippen molar-refractivity contribution in [1.29, 1.82) is 5.26 Å². The van der Waals surface area contributed by atoms with E-state index in [9.17, 15) is 9.50 Å². The van der Waals surface area contributed by atoms with Gasteiger partial charge in [-0.3, -0.25) is 0 Å². The Labute approximate surface area is 99.2 Å². The Morgan fingerprint density at radius 2 is 2.24 bits per heavy atom. The maximum Gasteiger partial charge on any atom is 0.161 e. The summed E-state index contributed by atoms with van der Waals surface area (Å²) in [6.45, 7) is 3.66. The van der Waals surface area contributed by atoms with E-state index in [1.807, 2.05) is 19.1 Å². The van der Waals surface area contributed by atoms with Gasteiger partial charge in [-0.2, -0.15) is 5.26 Å². The Kier molecular flexibility index (Phi) is 2.86. The molecule has 1 aliphatic heterocycles. The number of hydrogen-bond donors (Lipinski definition) is 2. The van der Waals surface area contributed by atoms with E-state index < -0.39 is 12.0 Å². The van der Waals surface area contributed by atoms with Crippen LogP contribution in [-0.4, -0.2) is 11.3 Å². The van der Waals surface area contributed by atoms with Crippen LogP contribution in [0.15, 0.2) is 17.7 Å². The number of halogens is 1. The van der Waals surface area contributed by atoms with Crippen LogP contribution in [0.2, 0.25) is 0 Å². The van der Waals surface area contributed by atoms with Crippen LogP contribution in [0.5, 0.6) is 0 Å². The molecule has 0 saturated carbocycles. The van der Waals surface area contributed by atoms with Gasteiger partial charge in [-0.1, -0.05) is 6.92 Å². The monoisotopic (exact) mass is 232 g/mol. The van der Waals surface area contributed by atoms with Crippen molar-refractivity contribution in [1.82, 2.24) is 0 Å². The minimum Gasteiger partial charge on any atom is -0.369 e. The molecule has 1 aromatic carbocycles. The summed E-state index contributed by atoms with van der Waals surface area (Å²) in [6, 6.07) is 5.24. The fourth-order valence-corrected chi connectivity index (χ4v) is 2.01. The van der Waals surface area contributed by atoms with Gasteiger partial charge in [0, 0.05) is 5.56 Å². The number of aliphatic hydroxyl groups is 1. The van der Waals surface area contributed by atoms with Crippen molar-refractivity contribution in [2.24, 2.45) is 0 Å². The second-order valence-corrected chi connectivity index (χ2v) is 4.05. The molecule has 0 amide bonds. The molecule has 0 fully saturated rings. The van der Waals surface area contributed by atoms with Crippen LogP contribution < -0.4 is 5.32 Å². The number of aliphatic hydroxyl groups excluding tert-OH is 1. The number of hydrogen-bond acceptors (Lipinski definition) is 3. The third kappa shape index (κ3) is 1.79. The Morgan fingerprint density at radius 1 is 1.53 bits per heavy atom. The van der Waals surface area contributed by atoms with Crippen molar-refractivity contribution < 1.29 is 9.50 Å². The highest BCUT2D eigenvalue weighted by molar-refractivity contribution is 5.83. The molecular formula is C13H13FN2O. The minimum absolute atomic E-state index is 0.241. The summed E-state index contributed by atoms with van der Waals surface area (Å²) in [6.07, 6.45) is -0.406. The van der Waals surface area contributed by atoms with Gasteiger partial charge in [0.05, 0.1) is 17.3 Å². The number of fused-ring (bicyclic) bond motifs is 1. The fraction of sp³-hybridized carbons (Fsp3) is 0.308. The summed E-state index contributed by atoms with van der Waals surface area (Å²) in [5.74, 6) is -0.394. The molecule has 1 unspecified atom stereocenters. The van der Waals surface area contributed by atoms with E-state index in [1.54, 1.807) is 6.92 Å². The molecule has 2 N–H and O–H groups in total. The lowest BCUT2D eigenvalue weighted by molar-refractivity contribution is 0.243. The summed E-state index contributed by atoms with van der Waals surface area (Å²) in [5.41, 5.74) is 2.67. The molecule has 0 bridgehead atoms. The van der Waals surface area contributed by atoms with E-state index in [4.69, 9.17) is 5.26 Å². The number of nitriles is 1. The maximum atomic E-state index is 13.8. The number of aryl methyl sites for hydroxylation is 1. The summed E-state index contributed by atoms with van der Waals surface area (Å²) < 4.78 is 13.8. The molecular weight excluding hydrogens is 219 g/mol. The first kappa shape index (κ1) is 11.6. The zero-order valence-corrected chi connectivity index (χ0v) is 9.71. The van der Waals surface area contributed by atoms with Gasteiger partial charge in [0.25, 0.3) is 0 Å². The first-order valence-electron chi connectivity index (χ1n) is 5.46. The molecule has 0 aliphatic carbocycles. The van der Waals surface area contributed by atoms with Gasteiger partial charge < -0.3 is 10.4 Å². The highest BCUT2D eigenvalue weighted by Gasteiger charge is 2.25. The topological polar surface area (TPSA) is 56.0 Å². The minimum atomic E-state index is -1.13. The average molecular weight is 232 g/mol. The number of benzene rings is 1. The Morgan fingerprint density at radius 3 is 2.82 bits per heavy atom. The molecule has 88 valence electrons. The van der Waals surface area contributed by atoms with Crippen LogP contribution in [0, 0.1) is 17.1 Å². The lowest BCUT2D eigenvalue weighted by atomic mass is 9.93. The van der Waals surface area contributed by atoms with Crippen LogP contribution in [0.3, 0.4) is 0 Å². The lowest BCUT2D eigenvalue weighted by Crippen LogP contribution is -2.26. The van der Waals surface area contributed by atoms with Gasteiger partial charge >= 0.3 is 0 Å². The first-order valence-corrected chi connectivity index (χ1v) is 5.46. The summed E-state index contributed by atoms with van der Waals surface area (Å²) in [7, 11) is 0. The largest absolute Gasteiger partial charge is 0.369 e. The van der Waals surface area contributed by atoms with Crippen molar-refractivity contribution >= 4 is 11.3 Å². The maximum absolute atomic E-state index is 13.8. The molecule has 1 aromatic rings. The van der Waals surface area contributed by atoms with Gasteiger partial charge in [-0.15, -0.1) is 0 Å². The Hall–Kier alpha value is -1.86. The van der Waals surface area contributed by atoms with E-state index in [1.165, 1.54) is 6.07 Å². The number of anilines is 1. The van der Waals surface area contributed by atoms with Crippen LogP contribution in [-0.2, 0) is 6.42 Å². The fourth-order valence-electron chi connectivity index (χ4n) is 2.01. The molecule has 0 spiro atoms. The van der Waals surface area contributed by atoms with E-state index in [2.05, 4.69) is 5.32 Å². The number of allylic oxidation sites excluding steroid dienone is 1. The van der Waals surface area contributed by atoms with Crippen molar-refractivity contribution in [3.05, 3.63) is 34.6 Å². The van der Waals surface area contributed by atoms with Crippen LogP contribution >= 0.6 is 0 Å². The second kappa shape index (κ2) is 4.19. The standard InChI is InChI=1S/C13H13FN2O/c1-3-8-4-9-7(2)10(6-15)13(17)16-12(9)11(14)5-8/h4-5,13,16-17H,3H2,1-2H3. The first-order chi connectivity index (χ1) is 8.08. The summed E-state index contributed by atoms with van der Waals surface area (Å²) in [5, 5.41) is 21.2. The highest BCUT2D eigenvalue weighted by Crippen LogP contribution is 2.35. The third-order valence-electron chi connectivity index (χ3n) is 3.04. The predicted octanol–water partition coefficient (Wildman–Crippen LogP) is 2.43. The normalized spacial score (nSPS) is 18.4. The summed E-state index contributed by atoms with van der Waals surface area (Å²) in [4.78, 5) is 0. The number of nitrogens with zero attached hydrogens (tertiary/aromatic N) is 1. The average Bonchev–Trinajstić information content (AvgIpc) is 2.31. The third-order valence-corrected chi connectivity index (χ3v) is 3.04. The number of rotatable bonds is 1. The molecule has 0 radical (unpaired) electrons. The zero-order chi connectivity index (χ0) is 12.6. The van der Waals surface area contributed by atoms with Gasteiger partial charge in [0.1, 0.15) is 5.82 Å². The molecule has 3 nitrogen and oxygen atoms in total. The van der Waals surface area contributed by atoms with E-state index in [-0.39, 0.29) is 11.3 Å². The van der Waals surface area contributed by atoms with Crippen molar-refractivity contribution in [2.45, 2.75) is 26.5 Å². The number of nitrogens with one attached hydrogen (secondary N) is 1. The van der Waals surface area contributed by atoms with Crippen LogP contribution in [0.4, 0.5) is 10.1 Å². The highest BCUT2D eigenvalue weighted by atomic mass is 19.1. The lowest BCUT2D eigenvalue weighted by Gasteiger charge is -2.25. The van der Waals surface area contributed by atoms with E-state index in [0.29, 0.717) is 11.1 Å². The van der Waals surface area contributed by atoms with Crippen molar-refractivity contribution in [3.8, 4) is 6.07 Å². The van der Waals surface area contributed by atoms with Crippen molar-refractivity contribution in [2.75, 3.05) is 5.32 Å². The van der Waals surface area contributed by atoms with E-state index >= 15 is 0 Å². The smallest absolute Gasteiger partial charge is 0.161 e. The van der Waals surface area contributed by atoms with Gasteiger partial charge in [0.15, 0.2) is 6.23 Å². The van der Waals surface area contributed by atoms with Gasteiger partial charge in [-0.25, -0.2) is 4.39 Å². The Bertz CT molecular complexity index is 543. The molecule has 2 rings (SSSR count). The van der Waals surface area contributed by atoms with E-state index in [0.717, 1.165) is 12.0 Å².